The maximum absolute atomic E-state index is 12.7. The minimum Gasteiger partial charge on any atom is -0.481 e. The third kappa shape index (κ3) is 4.13. The van der Waals surface area contributed by atoms with Gasteiger partial charge in [-0.25, -0.2) is 0 Å². The summed E-state index contributed by atoms with van der Waals surface area (Å²) in [7, 11) is 2.94. The van der Waals surface area contributed by atoms with Crippen LogP contribution in [0.2, 0.25) is 0 Å². The van der Waals surface area contributed by atoms with Gasteiger partial charge in [-0.3, -0.25) is 9.59 Å². The first-order valence-corrected chi connectivity index (χ1v) is 11.4. The first-order valence-electron chi connectivity index (χ1n) is 11.4. The van der Waals surface area contributed by atoms with Gasteiger partial charge in [0.15, 0.2) is 0 Å². The molecule has 0 aliphatic heterocycles. The Balaban J connectivity index is 1.68. The van der Waals surface area contributed by atoms with E-state index in [0.717, 1.165) is 0 Å². The first-order chi connectivity index (χ1) is 16.8. The smallest absolute Gasteiger partial charge is 0.312 e. The normalized spacial score (nSPS) is 27.1. The average Bonchev–Trinajstić information content (AvgIpc) is 3.74. The Morgan fingerprint density at radius 1 is 0.914 bits per heavy atom. The molecule has 35 heavy (non-hydrogen) atoms. The van der Waals surface area contributed by atoms with Gasteiger partial charge in [0.2, 0.25) is 6.29 Å². The van der Waals surface area contributed by atoms with Gasteiger partial charge in [-0.15, -0.1) is 0 Å². The number of ether oxygens (including phenoxy) is 4. The maximum atomic E-state index is 12.7. The Hall–Kier alpha value is -3.14. The van der Waals surface area contributed by atoms with Crippen molar-refractivity contribution < 1.29 is 38.7 Å². The molecule has 188 valence electrons. The zero-order chi connectivity index (χ0) is 25.3. The highest BCUT2D eigenvalue weighted by Crippen LogP contribution is 2.73. The number of hydrogen-bond acceptors (Lipinski definition) is 7. The highest BCUT2D eigenvalue weighted by Gasteiger charge is 2.83. The van der Waals surface area contributed by atoms with Gasteiger partial charge in [-0.2, -0.15) is 0 Å². The quantitative estimate of drug-likeness (QED) is 0.366. The summed E-state index contributed by atoms with van der Waals surface area (Å²) in [5.41, 5.74) is 2.62. The van der Waals surface area contributed by atoms with Crippen LogP contribution in [0.1, 0.15) is 12.8 Å². The van der Waals surface area contributed by atoms with Crippen molar-refractivity contribution in [3.8, 4) is 11.5 Å². The summed E-state index contributed by atoms with van der Waals surface area (Å²) in [4.78, 5) is 25.3. The Kier molecular flexibility index (Phi) is 6.77. The fourth-order valence-corrected chi connectivity index (χ4v) is 5.59. The van der Waals surface area contributed by atoms with Gasteiger partial charge in [0.05, 0.1) is 30.0 Å². The van der Waals surface area contributed by atoms with E-state index in [9.17, 15) is 19.8 Å². The van der Waals surface area contributed by atoms with Gasteiger partial charge in [0.25, 0.3) is 0 Å². The maximum Gasteiger partial charge on any atom is 0.312 e. The van der Waals surface area contributed by atoms with E-state index in [2.05, 4.69) is 0 Å². The summed E-state index contributed by atoms with van der Waals surface area (Å²) >= 11 is 0. The molecule has 4 atom stereocenters. The lowest BCUT2D eigenvalue weighted by Crippen LogP contribution is -2.53. The molecule has 4 N–H and O–H groups in total. The number of hydrogen-bond donors (Lipinski definition) is 3. The molecular weight excluding hydrogens is 454 g/mol. The number of benzene rings is 2. The van der Waals surface area contributed by atoms with Crippen LogP contribution in [0.3, 0.4) is 0 Å². The van der Waals surface area contributed by atoms with Crippen molar-refractivity contribution in [3.63, 3.8) is 0 Å². The third-order valence-electron chi connectivity index (χ3n) is 7.52. The fourth-order valence-electron chi connectivity index (χ4n) is 5.59. The summed E-state index contributed by atoms with van der Waals surface area (Å²) < 4.78 is 22.8. The minimum atomic E-state index is -1.56. The van der Waals surface area contributed by atoms with Crippen LogP contribution in [0.25, 0.3) is 0 Å². The van der Waals surface area contributed by atoms with Crippen LogP contribution in [0.5, 0.6) is 11.5 Å². The first kappa shape index (κ1) is 25.0. The predicted octanol–water partition coefficient (Wildman–Crippen LogP) is 2.64. The molecule has 2 aromatic carbocycles. The second-order valence-electron chi connectivity index (χ2n) is 9.46. The molecule has 0 heterocycles. The molecule has 0 radical (unpaired) electrons. The topological polar surface area (TPSA) is 138 Å². The van der Waals surface area contributed by atoms with Crippen molar-refractivity contribution in [2.75, 3.05) is 27.4 Å². The summed E-state index contributed by atoms with van der Waals surface area (Å²) in [5.74, 6) is -2.02. The van der Waals surface area contributed by atoms with E-state index in [4.69, 9.17) is 24.7 Å². The third-order valence-corrected chi connectivity index (χ3v) is 7.52. The molecular formula is C26H31NO8. The summed E-state index contributed by atoms with van der Waals surface area (Å²) in [5, 5.41) is 20.7. The van der Waals surface area contributed by atoms with Crippen LogP contribution in [0.4, 0.5) is 0 Å². The second kappa shape index (κ2) is 9.49. The molecule has 2 fully saturated rings. The second-order valence-corrected chi connectivity index (χ2v) is 9.46. The number of carboxylic acids is 2. The van der Waals surface area contributed by atoms with Crippen LogP contribution in [-0.2, 0) is 19.1 Å². The van der Waals surface area contributed by atoms with Gasteiger partial charge in [-0.05, 0) is 37.1 Å². The van der Waals surface area contributed by atoms with E-state index in [1.807, 2.05) is 12.1 Å². The molecule has 0 spiro atoms. The SMILES string of the molecule is COCC1(COC)CC1(C(=O)O)C(N)C1(C(=O)O)CC1C(Oc1ccccc1)Oc1ccccc1. The Morgan fingerprint density at radius 2 is 1.40 bits per heavy atom. The molecule has 4 unspecified atom stereocenters. The van der Waals surface area contributed by atoms with Crippen molar-refractivity contribution in [3.05, 3.63) is 60.7 Å². The number of nitrogens with two attached hydrogens (primary N) is 1. The molecule has 0 saturated heterocycles. The van der Waals surface area contributed by atoms with E-state index in [-0.39, 0.29) is 26.1 Å². The van der Waals surface area contributed by atoms with Gasteiger partial charge in [-0.1, -0.05) is 36.4 Å². The highest BCUT2D eigenvalue weighted by molar-refractivity contribution is 5.86. The van der Waals surface area contributed by atoms with Crippen molar-refractivity contribution in [1.82, 2.24) is 0 Å². The molecule has 0 amide bonds. The molecule has 4 rings (SSSR count). The van der Waals surface area contributed by atoms with Gasteiger partial charge >= 0.3 is 11.9 Å². The van der Waals surface area contributed by atoms with Crippen LogP contribution in [-0.4, -0.2) is 61.9 Å². The van der Waals surface area contributed by atoms with E-state index in [1.54, 1.807) is 48.5 Å². The molecule has 2 aliphatic rings. The Morgan fingerprint density at radius 3 is 1.80 bits per heavy atom. The number of aliphatic carboxylic acids is 2. The Labute approximate surface area is 203 Å². The lowest BCUT2D eigenvalue weighted by atomic mass is 9.77. The van der Waals surface area contributed by atoms with Crippen molar-refractivity contribution in [2.45, 2.75) is 25.2 Å². The van der Waals surface area contributed by atoms with Crippen LogP contribution < -0.4 is 15.2 Å². The van der Waals surface area contributed by atoms with Crippen LogP contribution in [0, 0.1) is 22.2 Å². The zero-order valence-electron chi connectivity index (χ0n) is 19.8. The van der Waals surface area contributed by atoms with E-state index in [0.29, 0.717) is 11.5 Å². The number of para-hydroxylation sites is 2. The predicted molar refractivity (Wildman–Crippen MR) is 125 cm³/mol. The summed E-state index contributed by atoms with van der Waals surface area (Å²) in [6.45, 7) is 0.178. The zero-order valence-corrected chi connectivity index (χ0v) is 19.8. The lowest BCUT2D eigenvalue weighted by Gasteiger charge is -2.32. The van der Waals surface area contributed by atoms with Crippen molar-refractivity contribution in [2.24, 2.45) is 27.9 Å². The standard InChI is InChI=1S/C26H31NO8/c1-32-15-24(16-33-2)14-26(24,23(30)31)21(27)25(22(28)29)13-19(25)20(34-17-9-5-3-6-10-17)35-18-11-7-4-8-12-18/h3-12,19-21H,13-16,27H2,1-2H3,(H,28,29)(H,30,31). The molecule has 9 nitrogen and oxygen atoms in total. The van der Waals surface area contributed by atoms with Crippen LogP contribution in [0.15, 0.2) is 60.7 Å². The van der Waals surface area contributed by atoms with Crippen LogP contribution >= 0.6 is 0 Å². The molecule has 9 heteroatoms. The number of carboxylic acid groups (broad SMARTS) is 2. The molecule has 2 aliphatic carbocycles. The van der Waals surface area contributed by atoms with Gasteiger partial charge in [0.1, 0.15) is 11.5 Å². The minimum absolute atomic E-state index is 0.0890. The monoisotopic (exact) mass is 485 g/mol. The fraction of sp³-hybridized carbons (Fsp3) is 0.462. The van der Waals surface area contributed by atoms with E-state index in [1.165, 1.54) is 14.2 Å². The largest absolute Gasteiger partial charge is 0.481 e. The van der Waals surface area contributed by atoms with E-state index < -0.39 is 46.4 Å². The molecule has 0 bridgehead atoms. The number of methoxy groups -OCH3 is 2. The Bertz CT molecular complexity index is 1000. The summed E-state index contributed by atoms with van der Waals surface area (Å²) in [6.07, 6.45) is -0.728. The van der Waals surface area contributed by atoms with Crippen molar-refractivity contribution >= 4 is 11.9 Å². The van der Waals surface area contributed by atoms with E-state index >= 15 is 0 Å². The number of rotatable bonds is 13. The van der Waals surface area contributed by atoms with Gasteiger partial charge in [0, 0.05) is 25.7 Å². The molecule has 2 aromatic rings. The average molecular weight is 486 g/mol. The molecule has 2 saturated carbocycles. The van der Waals surface area contributed by atoms with Gasteiger partial charge < -0.3 is 34.9 Å². The van der Waals surface area contributed by atoms with Crippen molar-refractivity contribution in [1.29, 1.82) is 0 Å². The molecule has 0 aromatic heterocycles. The number of carbonyl (C=O) groups is 2. The highest BCUT2D eigenvalue weighted by atomic mass is 16.7. The lowest BCUT2D eigenvalue weighted by molar-refractivity contribution is -0.155. The summed E-state index contributed by atoms with van der Waals surface area (Å²) in [6, 6.07) is 16.6.